The number of hydrogen-bond acceptors (Lipinski definition) is 3. The first kappa shape index (κ1) is 17.0. The highest BCUT2D eigenvalue weighted by Gasteiger charge is 2.25. The van der Waals surface area contributed by atoms with Crippen LogP contribution in [-0.2, 0) is 4.79 Å². The van der Waals surface area contributed by atoms with Crippen LogP contribution in [0, 0.1) is 0 Å². The number of carbonyl (C=O) groups is 2. The first-order valence-corrected chi connectivity index (χ1v) is 8.28. The maximum Gasteiger partial charge on any atom is 0.223 e. The quantitative estimate of drug-likeness (QED) is 0.785. The number of ketones is 1. The maximum absolute atomic E-state index is 12.4. The highest BCUT2D eigenvalue weighted by molar-refractivity contribution is 6.30. The largest absolute Gasteiger partial charge is 0.338 e. The van der Waals surface area contributed by atoms with Gasteiger partial charge in [-0.2, -0.15) is 0 Å². The van der Waals surface area contributed by atoms with Crippen molar-refractivity contribution in [2.75, 3.05) is 19.6 Å². The first-order chi connectivity index (χ1) is 10.6. The molecule has 5 heteroatoms. The molecule has 0 aromatic heterocycles. The van der Waals surface area contributed by atoms with Crippen molar-refractivity contribution in [3.63, 3.8) is 0 Å². The Morgan fingerprint density at radius 3 is 2.59 bits per heavy atom. The second kappa shape index (κ2) is 8.30. The van der Waals surface area contributed by atoms with Crippen molar-refractivity contribution in [2.24, 2.45) is 0 Å². The van der Waals surface area contributed by atoms with E-state index >= 15 is 0 Å². The van der Waals surface area contributed by atoms with E-state index < -0.39 is 0 Å². The summed E-state index contributed by atoms with van der Waals surface area (Å²) in [5.74, 6) is 0.0730. The molecular weight excluding hydrogens is 300 g/mol. The van der Waals surface area contributed by atoms with Gasteiger partial charge in [-0.3, -0.25) is 9.59 Å². The van der Waals surface area contributed by atoms with E-state index in [9.17, 15) is 9.59 Å². The molecule has 0 spiro atoms. The lowest BCUT2D eigenvalue weighted by atomic mass is 10.1. The van der Waals surface area contributed by atoms with Crippen LogP contribution >= 0.6 is 11.6 Å². The number of Topliss-reactive ketones (excluding diaryl/α,β-unsaturated/α-hetero) is 1. The number of carbonyl (C=O) groups excluding carboxylic acids is 2. The van der Waals surface area contributed by atoms with Gasteiger partial charge in [-0.15, -0.1) is 0 Å². The molecular formula is C17H23ClN2O2. The van der Waals surface area contributed by atoms with Crippen molar-refractivity contribution in [3.8, 4) is 0 Å². The van der Waals surface area contributed by atoms with E-state index in [-0.39, 0.29) is 30.6 Å². The van der Waals surface area contributed by atoms with Crippen LogP contribution in [0.3, 0.4) is 0 Å². The van der Waals surface area contributed by atoms with Gasteiger partial charge >= 0.3 is 0 Å². The Morgan fingerprint density at radius 1 is 1.27 bits per heavy atom. The average molecular weight is 323 g/mol. The van der Waals surface area contributed by atoms with Crippen LogP contribution in [0.15, 0.2) is 24.3 Å². The topological polar surface area (TPSA) is 49.4 Å². The lowest BCUT2D eigenvalue weighted by molar-refractivity contribution is -0.133. The number of amides is 1. The molecule has 1 saturated heterocycles. The van der Waals surface area contributed by atoms with Crippen LogP contribution in [0.5, 0.6) is 0 Å². The SMILES string of the molecule is CCCN(C(=O)CCC(=O)c1ccc(Cl)cc1)C1CCNC1. The van der Waals surface area contributed by atoms with Gasteiger partial charge in [-0.1, -0.05) is 18.5 Å². The zero-order valence-corrected chi connectivity index (χ0v) is 13.7. The van der Waals surface area contributed by atoms with E-state index in [0.29, 0.717) is 10.6 Å². The summed E-state index contributed by atoms with van der Waals surface area (Å²) >= 11 is 5.81. The molecule has 1 amide bonds. The highest BCUT2D eigenvalue weighted by atomic mass is 35.5. The van der Waals surface area contributed by atoms with E-state index in [4.69, 9.17) is 11.6 Å². The number of nitrogens with one attached hydrogen (secondary N) is 1. The fourth-order valence-electron chi connectivity index (χ4n) is 2.80. The van der Waals surface area contributed by atoms with Gasteiger partial charge in [0.2, 0.25) is 5.91 Å². The van der Waals surface area contributed by atoms with Gasteiger partial charge < -0.3 is 10.2 Å². The zero-order chi connectivity index (χ0) is 15.9. The zero-order valence-electron chi connectivity index (χ0n) is 13.0. The summed E-state index contributed by atoms with van der Waals surface area (Å²) in [6.07, 6.45) is 2.46. The standard InChI is InChI=1S/C17H23ClN2O2/c1-2-11-20(15-9-10-19-12-15)17(22)8-7-16(21)13-3-5-14(18)6-4-13/h3-6,15,19H,2,7-12H2,1H3. The van der Waals surface area contributed by atoms with E-state index in [2.05, 4.69) is 12.2 Å². The number of hydrogen-bond donors (Lipinski definition) is 1. The summed E-state index contributed by atoms with van der Waals surface area (Å²) < 4.78 is 0. The summed E-state index contributed by atoms with van der Waals surface area (Å²) in [5, 5.41) is 3.90. The molecule has 22 heavy (non-hydrogen) atoms. The molecule has 120 valence electrons. The second-order valence-electron chi connectivity index (χ2n) is 5.66. The predicted molar refractivity (Wildman–Crippen MR) is 88.3 cm³/mol. The summed E-state index contributed by atoms with van der Waals surface area (Å²) in [7, 11) is 0. The summed E-state index contributed by atoms with van der Waals surface area (Å²) in [6, 6.07) is 7.09. The molecule has 1 aliphatic heterocycles. The Labute approximate surface area is 136 Å². The van der Waals surface area contributed by atoms with Crippen molar-refractivity contribution in [1.29, 1.82) is 0 Å². The van der Waals surface area contributed by atoms with Gasteiger partial charge in [0.05, 0.1) is 0 Å². The Bertz CT molecular complexity index is 510. The van der Waals surface area contributed by atoms with E-state index in [1.807, 2.05) is 4.90 Å². The minimum absolute atomic E-state index is 0.00832. The monoisotopic (exact) mass is 322 g/mol. The number of rotatable bonds is 7. The van der Waals surface area contributed by atoms with Crippen molar-refractivity contribution in [1.82, 2.24) is 10.2 Å². The molecule has 2 rings (SSSR count). The Kier molecular flexibility index (Phi) is 6.40. The molecule has 1 heterocycles. The molecule has 0 aliphatic carbocycles. The summed E-state index contributed by atoms with van der Waals surface area (Å²) in [4.78, 5) is 26.5. The van der Waals surface area contributed by atoms with Gasteiger partial charge in [0, 0.05) is 42.6 Å². The van der Waals surface area contributed by atoms with Gasteiger partial charge in [-0.05, 0) is 43.7 Å². The van der Waals surface area contributed by atoms with Crippen molar-refractivity contribution in [3.05, 3.63) is 34.9 Å². The second-order valence-corrected chi connectivity index (χ2v) is 6.10. The minimum Gasteiger partial charge on any atom is -0.338 e. The molecule has 1 N–H and O–H groups in total. The molecule has 1 unspecified atom stereocenters. The van der Waals surface area contributed by atoms with Crippen LogP contribution in [-0.4, -0.2) is 42.3 Å². The van der Waals surface area contributed by atoms with Crippen LogP contribution in [0.2, 0.25) is 5.02 Å². The van der Waals surface area contributed by atoms with Crippen LogP contribution in [0.25, 0.3) is 0 Å². The smallest absolute Gasteiger partial charge is 0.223 e. The molecule has 1 aromatic rings. The molecule has 1 atom stereocenters. The molecule has 4 nitrogen and oxygen atoms in total. The fraction of sp³-hybridized carbons (Fsp3) is 0.529. The molecule has 1 aliphatic rings. The Morgan fingerprint density at radius 2 is 2.00 bits per heavy atom. The van der Waals surface area contributed by atoms with Crippen LogP contribution in [0.1, 0.15) is 43.0 Å². The summed E-state index contributed by atoms with van der Waals surface area (Å²) in [5.41, 5.74) is 0.613. The third-order valence-electron chi connectivity index (χ3n) is 3.99. The molecule has 1 fully saturated rings. The molecule has 0 radical (unpaired) electrons. The highest BCUT2D eigenvalue weighted by Crippen LogP contribution is 2.15. The van der Waals surface area contributed by atoms with E-state index in [1.165, 1.54) is 0 Å². The maximum atomic E-state index is 12.4. The first-order valence-electron chi connectivity index (χ1n) is 7.90. The third kappa shape index (κ3) is 4.55. The predicted octanol–water partition coefficient (Wildman–Crippen LogP) is 2.90. The van der Waals surface area contributed by atoms with Crippen molar-refractivity contribution in [2.45, 2.75) is 38.6 Å². The summed E-state index contributed by atoms with van der Waals surface area (Å²) in [6.45, 7) is 4.65. The molecule has 0 bridgehead atoms. The third-order valence-corrected chi connectivity index (χ3v) is 4.24. The fourth-order valence-corrected chi connectivity index (χ4v) is 2.93. The van der Waals surface area contributed by atoms with Crippen LogP contribution in [0.4, 0.5) is 0 Å². The van der Waals surface area contributed by atoms with Gasteiger partial charge in [-0.25, -0.2) is 0 Å². The van der Waals surface area contributed by atoms with E-state index in [1.54, 1.807) is 24.3 Å². The Hall–Kier alpha value is -1.39. The van der Waals surface area contributed by atoms with Crippen molar-refractivity contribution < 1.29 is 9.59 Å². The van der Waals surface area contributed by atoms with Gasteiger partial charge in [0.15, 0.2) is 5.78 Å². The Balaban J connectivity index is 1.89. The number of nitrogens with zero attached hydrogens (tertiary/aromatic N) is 1. The van der Waals surface area contributed by atoms with Gasteiger partial charge in [0.1, 0.15) is 0 Å². The van der Waals surface area contributed by atoms with Crippen LogP contribution < -0.4 is 5.32 Å². The number of benzene rings is 1. The lowest BCUT2D eigenvalue weighted by Crippen LogP contribution is -2.42. The molecule has 0 saturated carbocycles. The normalized spacial score (nSPS) is 17.5. The van der Waals surface area contributed by atoms with Gasteiger partial charge in [0.25, 0.3) is 0 Å². The van der Waals surface area contributed by atoms with Crippen molar-refractivity contribution >= 4 is 23.3 Å². The molecule has 1 aromatic carbocycles. The van der Waals surface area contributed by atoms with E-state index in [0.717, 1.165) is 32.5 Å². The minimum atomic E-state index is -0.00832. The average Bonchev–Trinajstić information content (AvgIpc) is 3.04. The lowest BCUT2D eigenvalue weighted by Gasteiger charge is -2.28. The number of halogens is 1.